The Morgan fingerprint density at radius 1 is 1.14 bits per heavy atom. The van der Waals surface area contributed by atoms with Gasteiger partial charge in [-0.25, -0.2) is 0 Å². The quantitative estimate of drug-likeness (QED) is 0.857. The van der Waals surface area contributed by atoms with E-state index in [4.69, 9.17) is 5.73 Å². The fourth-order valence-electron chi connectivity index (χ4n) is 3.64. The molecule has 0 saturated heterocycles. The van der Waals surface area contributed by atoms with Crippen LogP contribution in [0.5, 0.6) is 0 Å². The Balaban J connectivity index is 1.88. The molecule has 2 N–H and O–H groups in total. The van der Waals surface area contributed by atoms with Crippen LogP contribution in [0.1, 0.15) is 39.0 Å². The van der Waals surface area contributed by atoms with Gasteiger partial charge in [0.05, 0.1) is 0 Å². The van der Waals surface area contributed by atoms with Gasteiger partial charge in [0.25, 0.3) is 0 Å². The minimum absolute atomic E-state index is 0.639. The van der Waals surface area contributed by atoms with Gasteiger partial charge in [-0.2, -0.15) is 0 Å². The molecule has 3 nitrogen and oxygen atoms in total. The van der Waals surface area contributed by atoms with E-state index in [1.54, 1.807) is 0 Å². The van der Waals surface area contributed by atoms with Crippen molar-refractivity contribution >= 4 is 22.1 Å². The highest BCUT2D eigenvalue weighted by Gasteiger charge is 2.24. The molecule has 0 aliphatic heterocycles. The summed E-state index contributed by atoms with van der Waals surface area (Å²) in [6, 6.07) is 6.81. The molecule has 1 aliphatic rings. The number of rotatable bonds is 3. The molecule has 0 unspecified atom stereocenters. The molecular formula is C18H25N3. The van der Waals surface area contributed by atoms with Gasteiger partial charge in [0.15, 0.2) is 0 Å². The van der Waals surface area contributed by atoms with Crippen molar-refractivity contribution < 1.29 is 0 Å². The van der Waals surface area contributed by atoms with Crippen LogP contribution in [0.15, 0.2) is 30.6 Å². The van der Waals surface area contributed by atoms with Crippen LogP contribution >= 0.6 is 0 Å². The van der Waals surface area contributed by atoms with Gasteiger partial charge < -0.3 is 10.6 Å². The van der Waals surface area contributed by atoms with Crippen molar-refractivity contribution in [2.45, 2.75) is 45.1 Å². The average Bonchev–Trinajstić information content (AvgIpc) is 2.55. The molecule has 21 heavy (non-hydrogen) atoms. The van der Waals surface area contributed by atoms with E-state index in [0.29, 0.717) is 6.04 Å². The van der Waals surface area contributed by atoms with Gasteiger partial charge in [0, 0.05) is 47.6 Å². The minimum atomic E-state index is 0.639. The van der Waals surface area contributed by atoms with E-state index in [2.05, 4.69) is 29.9 Å². The number of nitrogen functional groups attached to an aromatic ring is 1. The number of benzene rings is 1. The first-order valence-corrected chi connectivity index (χ1v) is 8.05. The largest absolute Gasteiger partial charge is 0.398 e. The molecule has 1 aliphatic carbocycles. The molecule has 0 atom stereocenters. The maximum atomic E-state index is 6.09. The van der Waals surface area contributed by atoms with Crippen LogP contribution in [0, 0.1) is 5.92 Å². The van der Waals surface area contributed by atoms with Crippen LogP contribution in [0.2, 0.25) is 0 Å². The van der Waals surface area contributed by atoms with Crippen molar-refractivity contribution in [3.8, 4) is 0 Å². The molecule has 112 valence electrons. The highest BCUT2D eigenvalue weighted by molar-refractivity contribution is 6.00. The number of nitrogens with two attached hydrogens (primary N) is 1. The Bertz CT molecular complexity index is 615. The first kappa shape index (κ1) is 14.2. The lowest BCUT2D eigenvalue weighted by Crippen LogP contribution is -2.35. The smallest absolute Gasteiger partial charge is 0.0462 e. The Hall–Kier alpha value is -1.77. The number of nitrogens with zero attached hydrogens (tertiary/aromatic N) is 2. The standard InChI is InChI=1S/C18H25N3/c1-3-13-4-6-14(7-5-13)21(2)18-9-8-17(19)15-10-11-20-12-16(15)18/h8-14H,3-7,19H2,1-2H3. The molecule has 1 aromatic carbocycles. The predicted octanol–water partition coefficient (Wildman–Crippen LogP) is 4.22. The van der Waals surface area contributed by atoms with Gasteiger partial charge in [0.2, 0.25) is 0 Å². The summed E-state index contributed by atoms with van der Waals surface area (Å²) in [6.45, 7) is 2.31. The Kier molecular flexibility index (Phi) is 4.00. The third-order valence-electron chi connectivity index (χ3n) is 5.15. The third-order valence-corrected chi connectivity index (χ3v) is 5.15. The second-order valence-corrected chi connectivity index (χ2v) is 6.29. The molecule has 3 rings (SSSR count). The monoisotopic (exact) mass is 283 g/mol. The van der Waals surface area contributed by atoms with Crippen molar-refractivity contribution in [2.24, 2.45) is 5.92 Å². The number of hydrogen-bond acceptors (Lipinski definition) is 3. The third kappa shape index (κ3) is 2.69. The fraction of sp³-hybridized carbons (Fsp3) is 0.500. The molecule has 1 saturated carbocycles. The molecule has 0 radical (unpaired) electrons. The number of fused-ring (bicyclic) bond motifs is 1. The molecule has 0 spiro atoms. The molecule has 1 aromatic heterocycles. The lowest BCUT2D eigenvalue weighted by atomic mass is 9.84. The summed E-state index contributed by atoms with van der Waals surface area (Å²) in [5.74, 6) is 0.930. The van der Waals surface area contributed by atoms with Gasteiger partial charge in [-0.05, 0) is 49.8 Å². The summed E-state index contributed by atoms with van der Waals surface area (Å²) in [7, 11) is 2.22. The molecule has 0 amide bonds. The van der Waals surface area contributed by atoms with Crippen LogP contribution in [0.4, 0.5) is 11.4 Å². The molecule has 2 aromatic rings. The van der Waals surface area contributed by atoms with E-state index in [0.717, 1.165) is 22.4 Å². The Morgan fingerprint density at radius 3 is 2.62 bits per heavy atom. The van der Waals surface area contributed by atoms with Crippen molar-refractivity contribution in [3.63, 3.8) is 0 Å². The van der Waals surface area contributed by atoms with Crippen molar-refractivity contribution in [2.75, 3.05) is 17.7 Å². The van der Waals surface area contributed by atoms with Crippen LogP contribution in [-0.4, -0.2) is 18.1 Å². The zero-order chi connectivity index (χ0) is 14.8. The molecule has 1 heterocycles. The van der Waals surface area contributed by atoms with Gasteiger partial charge in [-0.1, -0.05) is 13.3 Å². The maximum absolute atomic E-state index is 6.09. The SMILES string of the molecule is CCC1CCC(N(C)c2ccc(N)c3ccncc23)CC1. The lowest BCUT2D eigenvalue weighted by Gasteiger charge is -2.36. The average molecular weight is 283 g/mol. The van der Waals surface area contributed by atoms with Crippen molar-refractivity contribution in [3.05, 3.63) is 30.6 Å². The number of anilines is 2. The van der Waals surface area contributed by atoms with Gasteiger partial charge in [0.1, 0.15) is 0 Å². The summed E-state index contributed by atoms with van der Waals surface area (Å²) in [4.78, 5) is 6.73. The van der Waals surface area contributed by atoms with E-state index in [-0.39, 0.29) is 0 Å². The highest BCUT2D eigenvalue weighted by atomic mass is 15.1. The molecule has 3 heteroatoms. The number of pyridine rings is 1. The van der Waals surface area contributed by atoms with E-state index in [1.165, 1.54) is 37.8 Å². The minimum Gasteiger partial charge on any atom is -0.398 e. The Morgan fingerprint density at radius 2 is 1.90 bits per heavy atom. The molecule has 0 bridgehead atoms. The summed E-state index contributed by atoms with van der Waals surface area (Å²) in [6.07, 6.45) is 10.4. The maximum Gasteiger partial charge on any atom is 0.0462 e. The van der Waals surface area contributed by atoms with Gasteiger partial charge in [-0.3, -0.25) is 4.98 Å². The van der Waals surface area contributed by atoms with Crippen molar-refractivity contribution in [1.29, 1.82) is 0 Å². The zero-order valence-corrected chi connectivity index (χ0v) is 13.0. The fourth-order valence-corrected chi connectivity index (χ4v) is 3.64. The number of hydrogen-bond donors (Lipinski definition) is 1. The lowest BCUT2D eigenvalue weighted by molar-refractivity contribution is 0.313. The van der Waals surface area contributed by atoms with E-state index in [9.17, 15) is 0 Å². The normalized spacial score (nSPS) is 22.4. The summed E-state index contributed by atoms with van der Waals surface area (Å²) in [5.41, 5.74) is 8.18. The second-order valence-electron chi connectivity index (χ2n) is 6.29. The zero-order valence-electron chi connectivity index (χ0n) is 13.0. The van der Waals surface area contributed by atoms with Gasteiger partial charge in [-0.15, -0.1) is 0 Å². The molecular weight excluding hydrogens is 258 g/mol. The van der Waals surface area contributed by atoms with Gasteiger partial charge >= 0.3 is 0 Å². The predicted molar refractivity (Wildman–Crippen MR) is 90.6 cm³/mol. The van der Waals surface area contributed by atoms with Crippen LogP contribution in [-0.2, 0) is 0 Å². The van der Waals surface area contributed by atoms with E-state index < -0.39 is 0 Å². The van der Waals surface area contributed by atoms with Crippen molar-refractivity contribution in [1.82, 2.24) is 4.98 Å². The highest BCUT2D eigenvalue weighted by Crippen LogP contribution is 2.35. The van der Waals surface area contributed by atoms with E-state index in [1.807, 2.05) is 24.5 Å². The van der Waals surface area contributed by atoms with Crippen LogP contribution in [0.3, 0.4) is 0 Å². The molecule has 1 fully saturated rings. The first-order valence-electron chi connectivity index (χ1n) is 8.05. The van der Waals surface area contributed by atoms with E-state index >= 15 is 0 Å². The Labute approximate surface area is 127 Å². The topological polar surface area (TPSA) is 42.1 Å². The summed E-state index contributed by atoms with van der Waals surface area (Å²) >= 11 is 0. The summed E-state index contributed by atoms with van der Waals surface area (Å²) in [5, 5.41) is 2.27. The summed E-state index contributed by atoms with van der Waals surface area (Å²) < 4.78 is 0. The number of aromatic nitrogens is 1. The van der Waals surface area contributed by atoms with Crippen LogP contribution in [0.25, 0.3) is 10.8 Å². The first-order chi connectivity index (χ1) is 10.2. The van der Waals surface area contributed by atoms with Crippen LogP contribution < -0.4 is 10.6 Å². The second kappa shape index (κ2) is 5.92.